The van der Waals surface area contributed by atoms with Crippen molar-refractivity contribution in [1.82, 2.24) is 14.7 Å². The molecule has 0 atom stereocenters. The Balaban J connectivity index is 1.53. The Morgan fingerprint density at radius 2 is 1.97 bits per heavy atom. The third kappa shape index (κ3) is 5.62. The maximum atomic E-state index is 13.0. The van der Waals surface area contributed by atoms with Gasteiger partial charge in [-0.2, -0.15) is 4.68 Å². The number of ether oxygens (including phenoxy) is 2. The molecule has 0 radical (unpaired) electrons. The Labute approximate surface area is 199 Å². The largest absolute Gasteiger partial charge is 0.490 e. The number of esters is 1. The van der Waals surface area contributed by atoms with E-state index in [9.17, 15) is 14.4 Å². The van der Waals surface area contributed by atoms with E-state index >= 15 is 0 Å². The number of nitrogens with zero attached hydrogens (tertiary/aromatic N) is 3. The van der Waals surface area contributed by atoms with Crippen LogP contribution in [0.25, 0.3) is 22.6 Å². The predicted octanol–water partition coefficient (Wildman–Crippen LogP) is 3.22. The molecule has 11 heteroatoms. The number of aromatic nitrogens is 2. The van der Waals surface area contributed by atoms with Crippen LogP contribution in [0.15, 0.2) is 60.7 Å². The summed E-state index contributed by atoms with van der Waals surface area (Å²) < 4.78 is 27.8. The standard InChI is InChI=1S/C24H25N3O8/c1-3-31-18-9-5-7-16-13-19(34-22(16)18)23-25-27(24(30)35-23)15-20(28)26(11-10-21(29)32-4-2)14-17-8-6-12-33-17/h5-9,12-13H,3-4,10-11,14-15H2,1-2H3. The monoisotopic (exact) mass is 483 g/mol. The molecule has 184 valence electrons. The third-order valence-corrected chi connectivity index (χ3v) is 5.08. The zero-order valence-corrected chi connectivity index (χ0v) is 19.4. The molecule has 0 saturated heterocycles. The summed E-state index contributed by atoms with van der Waals surface area (Å²) in [5.41, 5.74) is 0.501. The molecule has 0 aliphatic heterocycles. The molecule has 4 aromatic rings. The molecule has 35 heavy (non-hydrogen) atoms. The summed E-state index contributed by atoms with van der Waals surface area (Å²) in [6.45, 7) is 4.09. The van der Waals surface area contributed by atoms with Gasteiger partial charge in [0.15, 0.2) is 17.1 Å². The van der Waals surface area contributed by atoms with Gasteiger partial charge >= 0.3 is 11.7 Å². The van der Waals surface area contributed by atoms with Gasteiger partial charge in [0.2, 0.25) is 5.91 Å². The van der Waals surface area contributed by atoms with Gasteiger partial charge in [0, 0.05) is 11.9 Å². The zero-order valence-electron chi connectivity index (χ0n) is 19.4. The van der Waals surface area contributed by atoms with Gasteiger partial charge in [-0.05, 0) is 38.1 Å². The lowest BCUT2D eigenvalue weighted by atomic mass is 10.2. The van der Waals surface area contributed by atoms with E-state index in [0.29, 0.717) is 23.7 Å². The first-order chi connectivity index (χ1) is 17.0. The first kappa shape index (κ1) is 23.9. The Kier molecular flexibility index (Phi) is 7.34. The van der Waals surface area contributed by atoms with Crippen molar-refractivity contribution in [1.29, 1.82) is 0 Å². The summed E-state index contributed by atoms with van der Waals surface area (Å²) >= 11 is 0. The van der Waals surface area contributed by atoms with Gasteiger partial charge in [0.05, 0.1) is 32.4 Å². The molecule has 3 aromatic heterocycles. The second-order valence-corrected chi connectivity index (χ2v) is 7.50. The van der Waals surface area contributed by atoms with Crippen molar-refractivity contribution >= 4 is 22.8 Å². The van der Waals surface area contributed by atoms with Crippen LogP contribution in [-0.4, -0.2) is 46.3 Å². The van der Waals surface area contributed by atoms with Crippen LogP contribution in [0.1, 0.15) is 26.0 Å². The van der Waals surface area contributed by atoms with E-state index in [-0.39, 0.29) is 37.8 Å². The lowest BCUT2D eigenvalue weighted by molar-refractivity contribution is -0.144. The summed E-state index contributed by atoms with van der Waals surface area (Å²) in [5, 5.41) is 4.89. The molecule has 1 amide bonds. The molecular weight excluding hydrogens is 458 g/mol. The number of carbonyl (C=O) groups is 2. The van der Waals surface area contributed by atoms with E-state index in [0.717, 1.165) is 10.1 Å². The number of furan rings is 2. The van der Waals surface area contributed by atoms with E-state index < -0.39 is 24.2 Å². The highest BCUT2D eigenvalue weighted by molar-refractivity contribution is 5.86. The first-order valence-electron chi connectivity index (χ1n) is 11.2. The zero-order chi connectivity index (χ0) is 24.8. The number of para-hydroxylation sites is 1. The van der Waals surface area contributed by atoms with Crippen LogP contribution >= 0.6 is 0 Å². The number of hydrogen-bond acceptors (Lipinski definition) is 9. The van der Waals surface area contributed by atoms with Crippen molar-refractivity contribution in [2.24, 2.45) is 0 Å². The summed E-state index contributed by atoms with van der Waals surface area (Å²) in [5.74, 6) is -0.443. The number of amides is 1. The normalized spacial score (nSPS) is 11.0. The highest BCUT2D eigenvalue weighted by Gasteiger charge is 2.22. The predicted molar refractivity (Wildman–Crippen MR) is 123 cm³/mol. The van der Waals surface area contributed by atoms with Gasteiger partial charge < -0.3 is 27.6 Å². The van der Waals surface area contributed by atoms with Crippen LogP contribution in [0.5, 0.6) is 5.75 Å². The summed E-state index contributed by atoms with van der Waals surface area (Å²) in [6.07, 6.45) is 1.49. The second-order valence-electron chi connectivity index (χ2n) is 7.50. The van der Waals surface area contributed by atoms with E-state index in [4.69, 9.17) is 22.7 Å². The molecule has 0 unspecified atom stereocenters. The van der Waals surface area contributed by atoms with Crippen LogP contribution in [0.2, 0.25) is 0 Å². The van der Waals surface area contributed by atoms with Crippen molar-refractivity contribution in [3.63, 3.8) is 0 Å². The number of rotatable bonds is 11. The molecule has 1 aromatic carbocycles. The van der Waals surface area contributed by atoms with Crippen LogP contribution in [0.4, 0.5) is 0 Å². The number of fused-ring (bicyclic) bond motifs is 1. The minimum atomic E-state index is -0.817. The minimum Gasteiger partial charge on any atom is -0.490 e. The van der Waals surface area contributed by atoms with E-state index in [1.54, 1.807) is 31.2 Å². The number of carbonyl (C=O) groups excluding carboxylic acids is 2. The van der Waals surface area contributed by atoms with Crippen LogP contribution in [0, 0.1) is 0 Å². The molecule has 4 rings (SSSR count). The molecule has 0 saturated carbocycles. The molecule has 0 fully saturated rings. The highest BCUT2D eigenvalue weighted by atomic mass is 16.5. The quantitative estimate of drug-likeness (QED) is 0.295. The summed E-state index contributed by atoms with van der Waals surface area (Å²) in [7, 11) is 0. The van der Waals surface area contributed by atoms with E-state index in [1.165, 1.54) is 11.2 Å². The van der Waals surface area contributed by atoms with Gasteiger partial charge in [-0.15, -0.1) is 5.10 Å². The number of benzene rings is 1. The summed E-state index contributed by atoms with van der Waals surface area (Å²) in [6, 6.07) is 10.5. The van der Waals surface area contributed by atoms with Crippen molar-refractivity contribution in [2.45, 2.75) is 33.4 Å². The molecule has 0 aliphatic carbocycles. The average Bonchev–Trinajstić information content (AvgIpc) is 3.58. The fourth-order valence-corrected chi connectivity index (χ4v) is 3.49. The van der Waals surface area contributed by atoms with Crippen molar-refractivity contribution in [2.75, 3.05) is 19.8 Å². The average molecular weight is 483 g/mol. The highest BCUT2D eigenvalue weighted by Crippen LogP contribution is 2.32. The molecule has 0 aliphatic rings. The SMILES string of the molecule is CCOC(=O)CCN(Cc1ccco1)C(=O)Cn1nc(-c2cc3cccc(OCC)c3o2)oc1=O. The van der Waals surface area contributed by atoms with Gasteiger partial charge in [-0.3, -0.25) is 9.59 Å². The smallest absolute Gasteiger partial charge is 0.437 e. The fraction of sp³-hybridized carbons (Fsp3) is 0.333. The molecule has 0 bridgehead atoms. The van der Waals surface area contributed by atoms with Crippen molar-refractivity contribution < 1.29 is 32.3 Å². The molecule has 11 nitrogen and oxygen atoms in total. The van der Waals surface area contributed by atoms with Crippen molar-refractivity contribution in [3.05, 3.63) is 59.0 Å². The Morgan fingerprint density at radius 1 is 1.11 bits per heavy atom. The van der Waals surface area contributed by atoms with E-state index in [1.807, 2.05) is 19.1 Å². The summed E-state index contributed by atoms with van der Waals surface area (Å²) in [4.78, 5) is 38.6. The lowest BCUT2D eigenvalue weighted by Crippen LogP contribution is -2.37. The maximum absolute atomic E-state index is 13.0. The van der Waals surface area contributed by atoms with Crippen molar-refractivity contribution in [3.8, 4) is 17.4 Å². The van der Waals surface area contributed by atoms with Gasteiger partial charge in [0.25, 0.3) is 5.89 Å². The van der Waals surface area contributed by atoms with Gasteiger partial charge in [-0.1, -0.05) is 12.1 Å². The maximum Gasteiger partial charge on any atom is 0.437 e. The minimum absolute atomic E-state index is 0.000399. The fourth-order valence-electron chi connectivity index (χ4n) is 3.49. The lowest BCUT2D eigenvalue weighted by Gasteiger charge is -2.21. The van der Waals surface area contributed by atoms with Crippen LogP contribution < -0.4 is 10.5 Å². The topological polar surface area (TPSA) is 130 Å². The first-order valence-corrected chi connectivity index (χ1v) is 11.2. The third-order valence-electron chi connectivity index (χ3n) is 5.08. The van der Waals surface area contributed by atoms with Crippen LogP contribution in [0.3, 0.4) is 0 Å². The molecule has 3 heterocycles. The van der Waals surface area contributed by atoms with E-state index in [2.05, 4.69) is 5.10 Å². The Hall–Kier alpha value is -4.28. The Bertz CT molecular complexity index is 1350. The second kappa shape index (κ2) is 10.8. The Morgan fingerprint density at radius 3 is 2.71 bits per heavy atom. The molecule has 0 spiro atoms. The molecule has 0 N–H and O–H groups in total. The van der Waals surface area contributed by atoms with Gasteiger partial charge in [0.1, 0.15) is 12.3 Å². The number of hydrogen-bond donors (Lipinski definition) is 0. The van der Waals surface area contributed by atoms with Gasteiger partial charge in [-0.25, -0.2) is 4.79 Å². The molecular formula is C24H25N3O8. The van der Waals surface area contributed by atoms with Crippen LogP contribution in [-0.2, 0) is 27.4 Å².